The first-order valence-electron chi connectivity index (χ1n) is 9.09. The molecule has 4 rings (SSSR count). The zero-order valence-electron chi connectivity index (χ0n) is 15.7. The molecule has 2 aromatic heterocycles. The maximum Gasteiger partial charge on any atom is 0.355 e. The van der Waals surface area contributed by atoms with Gasteiger partial charge >= 0.3 is 6.05 Å². The van der Waals surface area contributed by atoms with Crippen LogP contribution in [-0.2, 0) is 18.9 Å². The number of alkyl halides is 2. The van der Waals surface area contributed by atoms with Gasteiger partial charge in [-0.1, -0.05) is 16.8 Å². The lowest BCUT2D eigenvalue weighted by Crippen LogP contribution is -2.40. The van der Waals surface area contributed by atoms with Crippen molar-refractivity contribution in [3.8, 4) is 0 Å². The van der Waals surface area contributed by atoms with Crippen molar-refractivity contribution in [1.82, 2.24) is 15.5 Å². The van der Waals surface area contributed by atoms with Crippen LogP contribution < -0.4 is 5.32 Å². The lowest BCUT2D eigenvalue weighted by molar-refractivity contribution is -0.0368. The number of aryl methyl sites for hydroxylation is 2. The molecule has 0 aliphatic heterocycles. The maximum atomic E-state index is 14.9. The summed E-state index contributed by atoms with van der Waals surface area (Å²) in [6.45, 7) is 0. The number of nitrogens with one attached hydrogen (secondary N) is 2. The van der Waals surface area contributed by atoms with E-state index in [-0.39, 0.29) is 18.4 Å². The second-order valence-electron chi connectivity index (χ2n) is 6.84. The summed E-state index contributed by atoms with van der Waals surface area (Å²) in [5.74, 6) is -3.65. The fraction of sp³-hybridized carbons (Fsp3) is 0.143. The molecule has 0 spiro atoms. The number of aromatic amines is 1. The number of rotatable bonds is 6. The quantitative estimate of drug-likeness (QED) is 0.306. The van der Waals surface area contributed by atoms with Gasteiger partial charge in [0.05, 0.1) is 5.56 Å². The normalized spacial score (nSPS) is 11.8. The number of halogens is 5. The second-order valence-corrected chi connectivity index (χ2v) is 7.28. The van der Waals surface area contributed by atoms with Crippen molar-refractivity contribution in [2.45, 2.75) is 18.9 Å². The molecule has 10 heteroatoms. The van der Waals surface area contributed by atoms with E-state index in [0.29, 0.717) is 11.1 Å². The van der Waals surface area contributed by atoms with Crippen LogP contribution in [0.3, 0.4) is 0 Å². The van der Waals surface area contributed by atoms with Crippen molar-refractivity contribution >= 4 is 28.4 Å². The summed E-state index contributed by atoms with van der Waals surface area (Å²) in [5, 5.41) is 5.90. The van der Waals surface area contributed by atoms with E-state index in [1.54, 1.807) is 24.4 Å². The van der Waals surface area contributed by atoms with Crippen molar-refractivity contribution in [2.75, 3.05) is 0 Å². The summed E-state index contributed by atoms with van der Waals surface area (Å²) in [7, 11) is 0. The van der Waals surface area contributed by atoms with Crippen LogP contribution in [0, 0.1) is 11.6 Å². The molecule has 0 atom stereocenters. The van der Waals surface area contributed by atoms with E-state index in [4.69, 9.17) is 11.6 Å². The second kappa shape index (κ2) is 8.07. The molecule has 2 heterocycles. The average Bonchev–Trinajstić information content (AvgIpc) is 3.38. The van der Waals surface area contributed by atoms with Gasteiger partial charge in [-0.15, -0.1) is 0 Å². The molecule has 0 fully saturated rings. The van der Waals surface area contributed by atoms with Crippen LogP contribution in [0.5, 0.6) is 0 Å². The van der Waals surface area contributed by atoms with Crippen LogP contribution in [0.15, 0.2) is 53.4 Å². The van der Waals surface area contributed by atoms with Crippen molar-refractivity contribution < 1.29 is 26.9 Å². The lowest BCUT2D eigenvalue weighted by Gasteiger charge is -2.19. The third kappa shape index (κ3) is 4.27. The van der Waals surface area contributed by atoms with E-state index < -0.39 is 34.8 Å². The molecule has 0 saturated heterocycles. The molecule has 0 saturated carbocycles. The highest BCUT2D eigenvalue weighted by Gasteiger charge is 2.38. The maximum absolute atomic E-state index is 14.9. The summed E-state index contributed by atoms with van der Waals surface area (Å²) < 4.78 is 62.5. The van der Waals surface area contributed by atoms with Gasteiger partial charge in [0.15, 0.2) is 5.69 Å². The molecule has 160 valence electrons. The number of aromatic nitrogens is 2. The minimum atomic E-state index is -4.18. The number of amides is 1. The number of hydrogen-bond acceptors (Lipinski definition) is 3. The Labute approximate surface area is 178 Å². The molecule has 2 N–H and O–H groups in total. The first-order chi connectivity index (χ1) is 14.7. The van der Waals surface area contributed by atoms with Gasteiger partial charge in [0.2, 0.25) is 0 Å². The average molecular weight is 452 g/mol. The first kappa shape index (κ1) is 20.9. The SMILES string of the molecule is O=C(NC(F)(F)c1cc(F)cc(CCc2c[nH]c3ccc(Cl)cc23)c1F)c1ccon1. The Bertz CT molecular complexity index is 1260. The van der Waals surface area contributed by atoms with E-state index in [1.165, 1.54) is 5.32 Å². The van der Waals surface area contributed by atoms with Crippen molar-refractivity contribution in [2.24, 2.45) is 0 Å². The molecule has 0 radical (unpaired) electrons. The summed E-state index contributed by atoms with van der Waals surface area (Å²) >= 11 is 6.01. The topological polar surface area (TPSA) is 70.9 Å². The molecule has 0 bridgehead atoms. The molecule has 31 heavy (non-hydrogen) atoms. The first-order valence-corrected chi connectivity index (χ1v) is 9.47. The predicted molar refractivity (Wildman–Crippen MR) is 105 cm³/mol. The van der Waals surface area contributed by atoms with Crippen molar-refractivity contribution in [3.63, 3.8) is 0 Å². The summed E-state index contributed by atoms with van der Waals surface area (Å²) in [5.41, 5.74) is -0.367. The number of H-pyrrole nitrogens is 1. The highest BCUT2D eigenvalue weighted by molar-refractivity contribution is 6.31. The highest BCUT2D eigenvalue weighted by Crippen LogP contribution is 2.31. The summed E-state index contributed by atoms with van der Waals surface area (Å²) in [4.78, 5) is 14.9. The van der Waals surface area contributed by atoms with Gasteiger partial charge in [0.1, 0.15) is 17.9 Å². The molecule has 0 aliphatic carbocycles. The van der Waals surface area contributed by atoms with Gasteiger partial charge in [0.25, 0.3) is 5.91 Å². The number of carbonyl (C=O) groups is 1. The minimum absolute atomic E-state index is 0.0522. The lowest BCUT2D eigenvalue weighted by atomic mass is 10.00. The number of hydrogen-bond donors (Lipinski definition) is 2. The van der Waals surface area contributed by atoms with Gasteiger partial charge in [-0.3, -0.25) is 10.1 Å². The third-order valence-corrected chi connectivity index (χ3v) is 5.02. The predicted octanol–water partition coefficient (Wildman–Crippen LogP) is 5.35. The Morgan fingerprint density at radius 2 is 1.90 bits per heavy atom. The van der Waals surface area contributed by atoms with Crippen LogP contribution in [0.4, 0.5) is 17.6 Å². The van der Waals surface area contributed by atoms with Crippen LogP contribution >= 0.6 is 11.6 Å². The Hall–Kier alpha value is -3.33. The molecular formula is C21H14ClF4N3O2. The molecule has 0 unspecified atom stereocenters. The van der Waals surface area contributed by atoms with Gasteiger partial charge < -0.3 is 9.51 Å². The molecule has 5 nitrogen and oxygen atoms in total. The van der Waals surface area contributed by atoms with Crippen LogP contribution in [0.25, 0.3) is 10.9 Å². The third-order valence-electron chi connectivity index (χ3n) is 4.79. The number of carbonyl (C=O) groups excluding carboxylic acids is 1. The fourth-order valence-corrected chi connectivity index (χ4v) is 3.46. The van der Waals surface area contributed by atoms with E-state index in [2.05, 4.69) is 14.7 Å². The Morgan fingerprint density at radius 3 is 2.65 bits per heavy atom. The Kier molecular flexibility index (Phi) is 5.45. The summed E-state index contributed by atoms with van der Waals surface area (Å²) in [6, 6.07) is 3.31. The Morgan fingerprint density at radius 1 is 1.13 bits per heavy atom. The standard InChI is InChI=1S/C21H14ClF4N3O2/c22-13-3-4-17-15(8-13)12(10-27-17)2-1-11-7-14(23)9-16(19(11)24)21(25,26)28-20(30)18-5-6-31-29-18/h3-10,27H,1-2H2,(H,28,30). The number of fused-ring (bicyclic) bond motifs is 1. The number of benzene rings is 2. The zero-order valence-corrected chi connectivity index (χ0v) is 16.4. The van der Waals surface area contributed by atoms with Gasteiger partial charge in [-0.25, -0.2) is 8.78 Å². The summed E-state index contributed by atoms with van der Waals surface area (Å²) in [6.07, 6.45) is 2.91. The van der Waals surface area contributed by atoms with E-state index >= 15 is 0 Å². The monoisotopic (exact) mass is 451 g/mol. The smallest absolute Gasteiger partial charge is 0.355 e. The van der Waals surface area contributed by atoms with Crippen molar-refractivity contribution in [3.05, 3.63) is 87.9 Å². The molecule has 2 aromatic carbocycles. The molecule has 4 aromatic rings. The van der Waals surface area contributed by atoms with Crippen LogP contribution in [0.1, 0.15) is 27.2 Å². The van der Waals surface area contributed by atoms with Gasteiger partial charge in [-0.05, 0) is 54.3 Å². The van der Waals surface area contributed by atoms with E-state index in [1.807, 2.05) is 0 Å². The molecule has 0 aliphatic rings. The van der Waals surface area contributed by atoms with E-state index in [0.717, 1.165) is 34.9 Å². The molecular weight excluding hydrogens is 438 g/mol. The van der Waals surface area contributed by atoms with Gasteiger partial charge in [-0.2, -0.15) is 8.78 Å². The van der Waals surface area contributed by atoms with Gasteiger partial charge in [0, 0.05) is 28.2 Å². The molecule has 1 amide bonds. The minimum Gasteiger partial charge on any atom is -0.364 e. The zero-order chi connectivity index (χ0) is 22.2. The van der Waals surface area contributed by atoms with Crippen molar-refractivity contribution in [1.29, 1.82) is 0 Å². The van der Waals surface area contributed by atoms with E-state index in [9.17, 15) is 22.4 Å². The fourth-order valence-electron chi connectivity index (χ4n) is 3.29. The Balaban J connectivity index is 1.59. The van der Waals surface area contributed by atoms with Crippen LogP contribution in [-0.4, -0.2) is 16.0 Å². The number of nitrogens with zero attached hydrogens (tertiary/aromatic N) is 1. The largest absolute Gasteiger partial charge is 0.364 e. The van der Waals surface area contributed by atoms with Crippen LogP contribution in [0.2, 0.25) is 5.02 Å². The highest BCUT2D eigenvalue weighted by atomic mass is 35.5.